The molecule has 1 amide bonds. The van der Waals surface area contributed by atoms with Crippen LogP contribution in [0.3, 0.4) is 0 Å². The van der Waals surface area contributed by atoms with Crippen molar-refractivity contribution in [2.45, 2.75) is 52.0 Å². The molecule has 0 unspecified atom stereocenters. The molecule has 3 heterocycles. The number of aromatic nitrogens is 4. The minimum atomic E-state index is -0.296. The first-order valence-corrected chi connectivity index (χ1v) is 9.72. The number of carbonyl (C=O) groups is 1. The van der Waals surface area contributed by atoms with Crippen molar-refractivity contribution in [3.8, 4) is 0 Å². The van der Waals surface area contributed by atoms with E-state index in [1.165, 1.54) is 4.68 Å². The maximum Gasteiger partial charge on any atom is 0.352 e. The molecule has 4 rings (SSSR count). The number of hydrogen-bond acceptors (Lipinski definition) is 4. The van der Waals surface area contributed by atoms with Crippen molar-refractivity contribution in [3.05, 3.63) is 40.6 Å². The molecule has 1 aliphatic rings. The van der Waals surface area contributed by atoms with Crippen molar-refractivity contribution in [3.63, 3.8) is 0 Å². The van der Waals surface area contributed by atoms with Crippen LogP contribution in [0.1, 0.15) is 51.3 Å². The normalized spacial score (nSPS) is 15.6. The van der Waals surface area contributed by atoms with E-state index in [9.17, 15) is 9.59 Å². The van der Waals surface area contributed by atoms with E-state index in [0.717, 1.165) is 49.7 Å². The summed E-state index contributed by atoms with van der Waals surface area (Å²) in [7, 11) is 0. The highest BCUT2D eigenvalue weighted by atomic mass is 16.2. The second-order valence-corrected chi connectivity index (χ2v) is 7.54. The van der Waals surface area contributed by atoms with Gasteiger partial charge in [0.05, 0.1) is 5.52 Å². The zero-order valence-electron chi connectivity index (χ0n) is 15.9. The first-order chi connectivity index (χ1) is 13.1. The smallest absolute Gasteiger partial charge is 0.341 e. The van der Waals surface area contributed by atoms with Gasteiger partial charge in [-0.25, -0.2) is 18.9 Å². The first kappa shape index (κ1) is 17.7. The lowest BCUT2D eigenvalue weighted by Crippen LogP contribution is -2.37. The molecule has 1 saturated heterocycles. The van der Waals surface area contributed by atoms with E-state index in [1.54, 1.807) is 4.40 Å². The average Bonchev–Trinajstić information content (AvgIpc) is 2.85. The van der Waals surface area contributed by atoms with Crippen LogP contribution in [0.25, 0.3) is 16.6 Å². The molecule has 7 heteroatoms. The Kier molecular flexibility index (Phi) is 4.68. The molecule has 142 valence electrons. The molecule has 1 fully saturated rings. The Bertz CT molecular complexity index is 1040. The predicted octanol–water partition coefficient (Wildman–Crippen LogP) is 2.57. The van der Waals surface area contributed by atoms with Gasteiger partial charge in [0.1, 0.15) is 12.4 Å². The molecule has 1 aromatic carbocycles. The van der Waals surface area contributed by atoms with E-state index in [1.807, 2.05) is 43.0 Å². The van der Waals surface area contributed by atoms with E-state index in [4.69, 9.17) is 0 Å². The summed E-state index contributed by atoms with van der Waals surface area (Å²) >= 11 is 0. The largest absolute Gasteiger partial charge is 0.352 e. The summed E-state index contributed by atoms with van der Waals surface area (Å²) in [5.41, 5.74) is 1.08. The summed E-state index contributed by atoms with van der Waals surface area (Å²) in [5.74, 6) is 0.696. The monoisotopic (exact) mass is 367 g/mol. The van der Waals surface area contributed by atoms with Gasteiger partial charge in [-0.15, -0.1) is 5.10 Å². The first-order valence-electron chi connectivity index (χ1n) is 9.72. The lowest BCUT2D eigenvalue weighted by atomic mass is 10.2. The molecular formula is C20H25N5O2. The molecular weight excluding hydrogens is 342 g/mol. The lowest BCUT2D eigenvalue weighted by Gasteiger charge is -2.19. The molecule has 0 radical (unpaired) electrons. The SMILES string of the molecule is CC(C)c1nc2ccccc2c2nn(CC(=O)N3CCCCCC3)c(=O)n12. The quantitative estimate of drug-likeness (QED) is 0.713. The van der Waals surface area contributed by atoms with Crippen LogP contribution < -0.4 is 5.69 Å². The third-order valence-corrected chi connectivity index (χ3v) is 5.21. The molecule has 2 aromatic heterocycles. The molecule has 3 aromatic rings. The number of nitrogens with zero attached hydrogens (tertiary/aromatic N) is 5. The van der Waals surface area contributed by atoms with Crippen molar-refractivity contribution in [1.82, 2.24) is 24.1 Å². The molecule has 0 bridgehead atoms. The maximum absolute atomic E-state index is 13.0. The Hall–Kier alpha value is -2.70. The summed E-state index contributed by atoms with van der Waals surface area (Å²) < 4.78 is 2.85. The number of amides is 1. The van der Waals surface area contributed by atoms with Crippen LogP contribution in [0.4, 0.5) is 0 Å². The number of para-hydroxylation sites is 1. The van der Waals surface area contributed by atoms with Gasteiger partial charge in [0, 0.05) is 24.4 Å². The summed E-state index contributed by atoms with van der Waals surface area (Å²) in [6, 6.07) is 7.67. The van der Waals surface area contributed by atoms with Crippen LogP contribution in [0.5, 0.6) is 0 Å². The van der Waals surface area contributed by atoms with Gasteiger partial charge >= 0.3 is 5.69 Å². The van der Waals surface area contributed by atoms with Crippen molar-refractivity contribution in [2.24, 2.45) is 0 Å². The van der Waals surface area contributed by atoms with Crippen LogP contribution in [0.2, 0.25) is 0 Å². The molecule has 0 aliphatic carbocycles. The molecule has 7 nitrogen and oxygen atoms in total. The molecule has 0 N–H and O–H groups in total. The summed E-state index contributed by atoms with van der Waals surface area (Å²) in [6.45, 7) is 5.52. The van der Waals surface area contributed by atoms with Gasteiger partial charge in [0.2, 0.25) is 5.91 Å². The number of rotatable bonds is 3. The highest BCUT2D eigenvalue weighted by Crippen LogP contribution is 2.21. The topological polar surface area (TPSA) is 72.5 Å². The van der Waals surface area contributed by atoms with Crippen LogP contribution >= 0.6 is 0 Å². The van der Waals surface area contributed by atoms with E-state index in [-0.39, 0.29) is 24.1 Å². The average molecular weight is 367 g/mol. The standard InChI is InChI=1S/C20H25N5O2/c1-14(2)18-21-16-10-6-5-9-15(16)19-22-24(20(27)25(18)19)13-17(26)23-11-7-3-4-8-12-23/h5-6,9-10,14H,3-4,7-8,11-13H2,1-2H3. The van der Waals surface area contributed by atoms with Crippen LogP contribution in [-0.2, 0) is 11.3 Å². The Labute approximate surface area is 157 Å². The minimum Gasteiger partial charge on any atom is -0.341 e. The summed E-state index contributed by atoms with van der Waals surface area (Å²) in [5, 5.41) is 5.34. The number of hydrogen-bond donors (Lipinski definition) is 0. The van der Waals surface area contributed by atoms with Gasteiger partial charge < -0.3 is 4.90 Å². The highest BCUT2D eigenvalue weighted by molar-refractivity contribution is 5.91. The fourth-order valence-electron chi connectivity index (χ4n) is 3.76. The zero-order valence-corrected chi connectivity index (χ0v) is 15.9. The Balaban J connectivity index is 1.79. The number of benzene rings is 1. The van der Waals surface area contributed by atoms with Crippen LogP contribution in [-0.4, -0.2) is 43.1 Å². The van der Waals surface area contributed by atoms with E-state index < -0.39 is 0 Å². The predicted molar refractivity (Wildman–Crippen MR) is 104 cm³/mol. The van der Waals surface area contributed by atoms with Gasteiger partial charge in [0.25, 0.3) is 0 Å². The Morgan fingerprint density at radius 3 is 2.52 bits per heavy atom. The lowest BCUT2D eigenvalue weighted by molar-refractivity contribution is -0.132. The summed E-state index contributed by atoms with van der Waals surface area (Å²) in [4.78, 5) is 32.3. The maximum atomic E-state index is 13.0. The fourth-order valence-corrected chi connectivity index (χ4v) is 3.76. The van der Waals surface area contributed by atoms with Crippen molar-refractivity contribution in [2.75, 3.05) is 13.1 Å². The third kappa shape index (κ3) is 3.22. The summed E-state index contributed by atoms with van der Waals surface area (Å²) in [6.07, 6.45) is 4.37. The minimum absolute atomic E-state index is 0.0215. The highest BCUT2D eigenvalue weighted by Gasteiger charge is 2.21. The van der Waals surface area contributed by atoms with Gasteiger partial charge in [0.15, 0.2) is 5.65 Å². The molecule has 0 saturated carbocycles. The number of carbonyl (C=O) groups excluding carboxylic acids is 1. The van der Waals surface area contributed by atoms with Crippen molar-refractivity contribution >= 4 is 22.5 Å². The molecule has 27 heavy (non-hydrogen) atoms. The Morgan fingerprint density at radius 1 is 1.11 bits per heavy atom. The molecule has 0 spiro atoms. The number of likely N-dealkylation sites (tertiary alicyclic amines) is 1. The van der Waals surface area contributed by atoms with Crippen molar-refractivity contribution in [1.29, 1.82) is 0 Å². The third-order valence-electron chi connectivity index (χ3n) is 5.21. The van der Waals surface area contributed by atoms with Crippen LogP contribution in [0.15, 0.2) is 29.1 Å². The van der Waals surface area contributed by atoms with Gasteiger partial charge in [-0.2, -0.15) is 0 Å². The molecule has 0 atom stereocenters. The zero-order chi connectivity index (χ0) is 19.0. The van der Waals surface area contributed by atoms with Gasteiger partial charge in [-0.1, -0.05) is 38.8 Å². The Morgan fingerprint density at radius 2 is 1.81 bits per heavy atom. The second-order valence-electron chi connectivity index (χ2n) is 7.54. The molecule has 1 aliphatic heterocycles. The van der Waals surface area contributed by atoms with E-state index in [0.29, 0.717) is 11.5 Å². The van der Waals surface area contributed by atoms with E-state index in [2.05, 4.69) is 10.1 Å². The fraction of sp³-hybridized carbons (Fsp3) is 0.500. The van der Waals surface area contributed by atoms with Gasteiger partial charge in [-0.05, 0) is 25.0 Å². The van der Waals surface area contributed by atoms with Crippen LogP contribution in [0, 0.1) is 0 Å². The van der Waals surface area contributed by atoms with Gasteiger partial charge in [-0.3, -0.25) is 4.79 Å². The van der Waals surface area contributed by atoms with E-state index >= 15 is 0 Å². The number of fused-ring (bicyclic) bond motifs is 3. The second kappa shape index (κ2) is 7.13. The van der Waals surface area contributed by atoms with Crippen molar-refractivity contribution < 1.29 is 4.79 Å².